The minimum Gasteiger partial charge on any atom is -0.380 e. The minimum atomic E-state index is -0.443. The molecule has 2 nitrogen and oxygen atoms in total. The van der Waals surface area contributed by atoms with Crippen molar-refractivity contribution in [1.82, 2.24) is 0 Å². The molecule has 0 unspecified atom stereocenters. The number of benzene rings is 2. The molecule has 2 aromatic rings. The van der Waals surface area contributed by atoms with Crippen molar-refractivity contribution in [3.05, 3.63) is 65.7 Å². The third kappa shape index (κ3) is 3.08. The van der Waals surface area contributed by atoms with Gasteiger partial charge in [0, 0.05) is 12.2 Å². The van der Waals surface area contributed by atoms with E-state index in [4.69, 9.17) is 11.6 Å². The largest absolute Gasteiger partial charge is 0.380 e. The average molecular weight is 246 g/mol. The minimum absolute atomic E-state index is 0.443. The van der Waals surface area contributed by atoms with Crippen LogP contribution in [0.15, 0.2) is 54.6 Å². The maximum Gasteiger partial charge on any atom is 0.254 e. The number of carbonyl (C=O) groups excluding carboxylic acids is 1. The van der Waals surface area contributed by atoms with Crippen LogP contribution in [-0.4, -0.2) is 5.24 Å². The van der Waals surface area contributed by atoms with Crippen LogP contribution in [-0.2, 0) is 6.54 Å². The van der Waals surface area contributed by atoms with Gasteiger partial charge in [-0.2, -0.15) is 0 Å². The number of halogens is 1. The Morgan fingerprint density at radius 1 is 1.00 bits per heavy atom. The van der Waals surface area contributed by atoms with E-state index in [0.717, 1.165) is 11.3 Å². The summed E-state index contributed by atoms with van der Waals surface area (Å²) >= 11 is 5.51. The van der Waals surface area contributed by atoms with Gasteiger partial charge in [0.1, 0.15) is 0 Å². The molecular weight excluding hydrogens is 234 g/mol. The molecule has 2 aromatic carbocycles. The van der Waals surface area contributed by atoms with Crippen molar-refractivity contribution in [3.63, 3.8) is 0 Å². The van der Waals surface area contributed by atoms with E-state index in [9.17, 15) is 4.79 Å². The van der Waals surface area contributed by atoms with Gasteiger partial charge < -0.3 is 5.32 Å². The Morgan fingerprint density at radius 2 is 1.65 bits per heavy atom. The summed E-state index contributed by atoms with van der Waals surface area (Å²) in [5.74, 6) is 0. The highest BCUT2D eigenvalue weighted by Crippen LogP contribution is 2.18. The topological polar surface area (TPSA) is 29.1 Å². The number of para-hydroxylation sites is 1. The van der Waals surface area contributed by atoms with Crippen molar-refractivity contribution in [2.45, 2.75) is 6.54 Å². The fourth-order valence-electron chi connectivity index (χ4n) is 1.60. The van der Waals surface area contributed by atoms with Gasteiger partial charge in [-0.25, -0.2) is 0 Å². The SMILES string of the molecule is O=C(Cl)c1ccccc1NCc1ccccc1. The molecule has 0 saturated heterocycles. The molecule has 0 radical (unpaired) electrons. The molecule has 0 aliphatic heterocycles. The van der Waals surface area contributed by atoms with Crippen LogP contribution in [0.2, 0.25) is 0 Å². The van der Waals surface area contributed by atoms with Crippen LogP contribution in [0.1, 0.15) is 15.9 Å². The Balaban J connectivity index is 2.12. The first-order chi connectivity index (χ1) is 8.27. The van der Waals surface area contributed by atoms with Gasteiger partial charge in [-0.05, 0) is 29.3 Å². The second-order valence-electron chi connectivity index (χ2n) is 3.66. The van der Waals surface area contributed by atoms with Crippen LogP contribution in [0.4, 0.5) is 5.69 Å². The monoisotopic (exact) mass is 245 g/mol. The third-order valence-electron chi connectivity index (χ3n) is 2.46. The summed E-state index contributed by atoms with van der Waals surface area (Å²) in [5.41, 5.74) is 2.42. The van der Waals surface area contributed by atoms with Crippen molar-refractivity contribution in [1.29, 1.82) is 0 Å². The van der Waals surface area contributed by atoms with E-state index in [1.54, 1.807) is 12.1 Å². The fourth-order valence-corrected chi connectivity index (χ4v) is 1.77. The Bertz CT molecular complexity index is 511. The predicted molar refractivity (Wildman–Crippen MR) is 70.4 cm³/mol. The van der Waals surface area contributed by atoms with E-state index in [0.29, 0.717) is 12.1 Å². The van der Waals surface area contributed by atoms with Crippen LogP contribution >= 0.6 is 11.6 Å². The fraction of sp³-hybridized carbons (Fsp3) is 0.0714. The molecule has 0 fully saturated rings. The number of nitrogens with one attached hydrogen (secondary N) is 1. The smallest absolute Gasteiger partial charge is 0.254 e. The first-order valence-electron chi connectivity index (χ1n) is 5.34. The highest BCUT2D eigenvalue weighted by molar-refractivity contribution is 6.68. The summed E-state index contributed by atoms with van der Waals surface area (Å²) in [7, 11) is 0. The van der Waals surface area contributed by atoms with Crippen LogP contribution in [0, 0.1) is 0 Å². The highest BCUT2D eigenvalue weighted by atomic mass is 35.5. The summed E-state index contributed by atoms with van der Waals surface area (Å²) in [6.45, 7) is 0.669. The average Bonchev–Trinajstić information content (AvgIpc) is 2.38. The number of carbonyl (C=O) groups is 1. The van der Waals surface area contributed by atoms with E-state index < -0.39 is 5.24 Å². The van der Waals surface area contributed by atoms with E-state index in [1.807, 2.05) is 42.5 Å². The Hall–Kier alpha value is -1.80. The quantitative estimate of drug-likeness (QED) is 0.833. The highest BCUT2D eigenvalue weighted by Gasteiger charge is 2.07. The van der Waals surface area contributed by atoms with Crippen LogP contribution in [0.5, 0.6) is 0 Å². The van der Waals surface area contributed by atoms with Crippen LogP contribution in [0.25, 0.3) is 0 Å². The van der Waals surface area contributed by atoms with E-state index in [1.165, 1.54) is 0 Å². The Kier molecular flexibility index (Phi) is 3.78. The zero-order valence-corrected chi connectivity index (χ0v) is 9.95. The first kappa shape index (κ1) is 11.7. The van der Waals surface area contributed by atoms with Gasteiger partial charge >= 0.3 is 0 Å². The maximum absolute atomic E-state index is 11.2. The van der Waals surface area contributed by atoms with Gasteiger partial charge in [-0.15, -0.1) is 0 Å². The lowest BCUT2D eigenvalue weighted by Gasteiger charge is -2.09. The molecule has 3 heteroatoms. The Morgan fingerprint density at radius 3 is 2.35 bits per heavy atom. The van der Waals surface area contributed by atoms with Gasteiger partial charge in [0.05, 0.1) is 5.56 Å². The first-order valence-corrected chi connectivity index (χ1v) is 5.72. The summed E-state index contributed by atoms with van der Waals surface area (Å²) in [5, 5.41) is 2.76. The number of hydrogen-bond acceptors (Lipinski definition) is 2. The Labute approximate surface area is 105 Å². The summed E-state index contributed by atoms with van der Waals surface area (Å²) in [4.78, 5) is 11.2. The zero-order chi connectivity index (χ0) is 12.1. The molecular formula is C14H12ClNO. The van der Waals surface area contributed by atoms with Crippen molar-refractivity contribution in [3.8, 4) is 0 Å². The molecule has 0 heterocycles. The third-order valence-corrected chi connectivity index (χ3v) is 2.67. The molecule has 0 aliphatic rings. The van der Waals surface area contributed by atoms with Crippen molar-refractivity contribution >= 4 is 22.5 Å². The van der Waals surface area contributed by atoms with Gasteiger partial charge in [0.15, 0.2) is 0 Å². The van der Waals surface area contributed by atoms with Gasteiger partial charge in [-0.1, -0.05) is 42.5 Å². The standard InChI is InChI=1S/C14H12ClNO/c15-14(17)12-8-4-5-9-13(12)16-10-11-6-2-1-3-7-11/h1-9,16H,10H2. The molecule has 1 N–H and O–H groups in total. The summed E-state index contributed by atoms with van der Waals surface area (Å²) in [6.07, 6.45) is 0. The lowest BCUT2D eigenvalue weighted by molar-refractivity contribution is 0.108. The molecule has 0 saturated carbocycles. The lowest BCUT2D eigenvalue weighted by atomic mass is 10.1. The molecule has 0 aromatic heterocycles. The van der Waals surface area contributed by atoms with Gasteiger partial charge in [0.25, 0.3) is 5.24 Å². The molecule has 2 rings (SSSR count). The maximum atomic E-state index is 11.2. The number of rotatable bonds is 4. The van der Waals surface area contributed by atoms with E-state index in [2.05, 4.69) is 5.32 Å². The van der Waals surface area contributed by atoms with Crippen LogP contribution in [0.3, 0.4) is 0 Å². The second-order valence-corrected chi connectivity index (χ2v) is 4.00. The van der Waals surface area contributed by atoms with Gasteiger partial charge in [0.2, 0.25) is 0 Å². The van der Waals surface area contributed by atoms with Gasteiger partial charge in [-0.3, -0.25) is 4.79 Å². The molecule has 0 bridgehead atoms. The predicted octanol–water partition coefficient (Wildman–Crippen LogP) is 3.68. The molecule has 0 atom stereocenters. The summed E-state index contributed by atoms with van der Waals surface area (Å²) in [6, 6.07) is 17.2. The van der Waals surface area contributed by atoms with Crippen molar-refractivity contribution in [2.24, 2.45) is 0 Å². The van der Waals surface area contributed by atoms with E-state index >= 15 is 0 Å². The molecule has 0 spiro atoms. The van der Waals surface area contributed by atoms with Crippen molar-refractivity contribution < 1.29 is 4.79 Å². The van der Waals surface area contributed by atoms with Crippen LogP contribution < -0.4 is 5.32 Å². The normalized spacial score (nSPS) is 9.94. The molecule has 17 heavy (non-hydrogen) atoms. The second kappa shape index (κ2) is 5.51. The van der Waals surface area contributed by atoms with E-state index in [-0.39, 0.29) is 0 Å². The summed E-state index contributed by atoms with van der Waals surface area (Å²) < 4.78 is 0. The molecule has 0 aliphatic carbocycles. The lowest BCUT2D eigenvalue weighted by Crippen LogP contribution is -2.03. The zero-order valence-electron chi connectivity index (χ0n) is 9.19. The number of hydrogen-bond donors (Lipinski definition) is 1. The molecule has 86 valence electrons. The van der Waals surface area contributed by atoms with Crippen molar-refractivity contribution in [2.75, 3.05) is 5.32 Å². The number of anilines is 1. The molecule has 0 amide bonds.